The van der Waals surface area contributed by atoms with Crippen molar-refractivity contribution < 1.29 is 0 Å². The molecule has 0 spiro atoms. The molecule has 6 nitrogen and oxygen atoms in total. The third kappa shape index (κ3) is 5.18. The van der Waals surface area contributed by atoms with E-state index in [9.17, 15) is 0 Å². The van der Waals surface area contributed by atoms with Crippen molar-refractivity contribution in [1.82, 2.24) is 19.9 Å². The van der Waals surface area contributed by atoms with Crippen LogP contribution >= 0.6 is 23.8 Å². The molecular weight excluding hydrogens is 428 g/mol. The Labute approximate surface area is 193 Å². The van der Waals surface area contributed by atoms with Gasteiger partial charge in [0.15, 0.2) is 0 Å². The highest BCUT2D eigenvalue weighted by atomic mass is 35.5. The lowest BCUT2D eigenvalue weighted by Gasteiger charge is -2.13. The fraction of sp³-hybridized carbons (Fsp3) is 0.304. The van der Waals surface area contributed by atoms with E-state index >= 15 is 0 Å². The molecule has 2 N–H and O–H groups in total. The maximum atomic E-state index is 6.18. The number of hydrogen-bond acceptors (Lipinski definition) is 6. The summed E-state index contributed by atoms with van der Waals surface area (Å²) in [6.07, 6.45) is 4.46. The summed E-state index contributed by atoms with van der Waals surface area (Å²) in [7, 11) is 4.17. The molecule has 0 fully saturated rings. The summed E-state index contributed by atoms with van der Waals surface area (Å²) in [5.41, 5.74) is 6.57. The highest BCUT2D eigenvalue weighted by Gasteiger charge is 2.20. The number of aromatic nitrogens is 3. The fourth-order valence-electron chi connectivity index (χ4n) is 3.60. The molecule has 3 heterocycles. The summed E-state index contributed by atoms with van der Waals surface area (Å²) in [6.45, 7) is 3.05. The molecule has 1 aliphatic heterocycles. The molecule has 8 heteroatoms. The van der Waals surface area contributed by atoms with Crippen molar-refractivity contribution in [2.75, 3.05) is 31.3 Å². The van der Waals surface area contributed by atoms with Crippen LogP contribution in [0.4, 0.5) is 17.3 Å². The van der Waals surface area contributed by atoms with Crippen molar-refractivity contribution in [1.29, 1.82) is 0 Å². The number of anilines is 3. The monoisotopic (exact) mass is 452 g/mol. The lowest BCUT2D eigenvalue weighted by atomic mass is 10.1. The van der Waals surface area contributed by atoms with Gasteiger partial charge in [0.2, 0.25) is 5.95 Å². The number of nitrogens with zero attached hydrogens (tertiary/aromatic N) is 4. The minimum atomic E-state index is 0.526. The molecule has 31 heavy (non-hydrogen) atoms. The molecule has 0 bridgehead atoms. The van der Waals surface area contributed by atoms with E-state index in [0.717, 1.165) is 64.0 Å². The number of hydrogen-bond donors (Lipinski definition) is 2. The second-order valence-electron chi connectivity index (χ2n) is 7.95. The van der Waals surface area contributed by atoms with Gasteiger partial charge in [0.25, 0.3) is 0 Å². The molecule has 0 aliphatic carbocycles. The third-order valence-corrected chi connectivity index (χ3v) is 5.64. The Kier molecular flexibility index (Phi) is 6.46. The molecule has 160 valence electrons. The van der Waals surface area contributed by atoms with Crippen LogP contribution in [0.2, 0.25) is 5.02 Å². The summed E-state index contributed by atoms with van der Waals surface area (Å²) in [5, 5.41) is 7.24. The lowest BCUT2D eigenvalue weighted by Crippen LogP contribution is -2.13. The summed E-state index contributed by atoms with van der Waals surface area (Å²) in [6, 6.07) is 9.81. The van der Waals surface area contributed by atoms with Gasteiger partial charge in [-0.1, -0.05) is 23.8 Å². The Morgan fingerprint density at radius 2 is 2.03 bits per heavy atom. The Morgan fingerprint density at radius 1 is 1.19 bits per heavy atom. The molecule has 0 unspecified atom stereocenters. The molecule has 4 rings (SSSR count). The molecular formula is C23H25ClN6S. The second-order valence-corrected chi connectivity index (χ2v) is 8.88. The van der Waals surface area contributed by atoms with Gasteiger partial charge in [-0.25, -0.2) is 9.97 Å². The molecule has 0 radical (unpaired) electrons. The molecule has 0 saturated heterocycles. The first-order valence-corrected chi connectivity index (χ1v) is 11.0. The first kappa shape index (κ1) is 21.6. The zero-order valence-electron chi connectivity index (χ0n) is 17.9. The van der Waals surface area contributed by atoms with Crippen LogP contribution < -0.4 is 10.6 Å². The summed E-state index contributed by atoms with van der Waals surface area (Å²) in [5.74, 6) is 0.526. The lowest BCUT2D eigenvalue weighted by molar-refractivity contribution is 0.399. The van der Waals surface area contributed by atoms with E-state index in [0.29, 0.717) is 17.4 Å². The van der Waals surface area contributed by atoms with Gasteiger partial charge in [-0.3, -0.25) is 4.98 Å². The minimum absolute atomic E-state index is 0.526. The third-order valence-electron chi connectivity index (χ3n) is 5.15. The van der Waals surface area contributed by atoms with Gasteiger partial charge in [-0.05, 0) is 70.7 Å². The first-order valence-electron chi connectivity index (χ1n) is 10.2. The summed E-state index contributed by atoms with van der Waals surface area (Å²) in [4.78, 5) is 17.0. The number of aryl methyl sites for hydroxylation is 2. The van der Waals surface area contributed by atoms with Gasteiger partial charge < -0.3 is 15.5 Å². The van der Waals surface area contributed by atoms with Gasteiger partial charge in [0.05, 0.1) is 22.1 Å². The predicted octanol–water partition coefficient (Wildman–Crippen LogP) is 5.03. The van der Waals surface area contributed by atoms with E-state index in [1.54, 1.807) is 0 Å². The Balaban J connectivity index is 1.59. The predicted molar refractivity (Wildman–Crippen MR) is 132 cm³/mol. The van der Waals surface area contributed by atoms with Crippen LogP contribution in [0, 0.1) is 6.92 Å². The van der Waals surface area contributed by atoms with Gasteiger partial charge in [0, 0.05) is 40.1 Å². The molecule has 1 aliphatic rings. The van der Waals surface area contributed by atoms with Crippen LogP contribution in [0.5, 0.6) is 0 Å². The van der Waals surface area contributed by atoms with Crippen LogP contribution in [0.15, 0.2) is 36.5 Å². The topological polar surface area (TPSA) is 66.0 Å². The van der Waals surface area contributed by atoms with Crippen molar-refractivity contribution in [3.63, 3.8) is 0 Å². The SMILES string of the molecule is Cc1nc(CCCN(C)C)ccc1Nc1ncc2c(n1)-c1ccc(Cl)cc1NC(=S)C2. The van der Waals surface area contributed by atoms with Crippen molar-refractivity contribution in [2.45, 2.75) is 26.2 Å². The van der Waals surface area contributed by atoms with E-state index in [-0.39, 0.29) is 0 Å². The number of halogens is 1. The Bertz CT molecular complexity index is 1130. The van der Waals surface area contributed by atoms with E-state index in [4.69, 9.17) is 33.8 Å². The van der Waals surface area contributed by atoms with Crippen LogP contribution in [0.1, 0.15) is 23.4 Å². The fourth-order valence-corrected chi connectivity index (χ4v) is 4.04. The largest absolute Gasteiger partial charge is 0.349 e. The molecule has 0 atom stereocenters. The number of pyridine rings is 1. The van der Waals surface area contributed by atoms with Crippen molar-refractivity contribution in [3.8, 4) is 11.3 Å². The van der Waals surface area contributed by atoms with Crippen molar-refractivity contribution >= 4 is 46.1 Å². The average Bonchev–Trinajstić information content (AvgIpc) is 2.84. The van der Waals surface area contributed by atoms with E-state index in [1.807, 2.05) is 37.4 Å². The number of benzene rings is 1. The maximum Gasteiger partial charge on any atom is 0.227 e. The average molecular weight is 453 g/mol. The van der Waals surface area contributed by atoms with Crippen LogP contribution in [0.3, 0.4) is 0 Å². The van der Waals surface area contributed by atoms with Gasteiger partial charge >= 0.3 is 0 Å². The molecule has 3 aromatic rings. The Hall–Kier alpha value is -2.61. The molecule has 0 amide bonds. The van der Waals surface area contributed by atoms with Crippen molar-refractivity contribution in [3.05, 3.63) is 58.5 Å². The standard InChI is InChI=1S/C23H25ClN6S/c1-14-19(9-7-17(26-14)5-4-10-30(2)3)28-23-25-13-15-11-21(31)27-20-12-16(24)6-8-18(20)22(15)29-23/h6-9,12-13H,4-5,10-11H2,1-3H3,(H,27,31)(H,25,28,29). The second kappa shape index (κ2) is 9.26. The van der Waals surface area contributed by atoms with Gasteiger partial charge in [-0.15, -0.1) is 0 Å². The Morgan fingerprint density at radius 3 is 2.81 bits per heavy atom. The highest BCUT2D eigenvalue weighted by molar-refractivity contribution is 7.80. The van der Waals surface area contributed by atoms with Crippen LogP contribution in [-0.2, 0) is 12.8 Å². The first-order chi connectivity index (χ1) is 14.9. The quantitative estimate of drug-likeness (QED) is 0.508. The summed E-state index contributed by atoms with van der Waals surface area (Å²) >= 11 is 11.6. The highest BCUT2D eigenvalue weighted by Crippen LogP contribution is 2.35. The molecule has 1 aromatic carbocycles. The smallest absolute Gasteiger partial charge is 0.227 e. The number of fused-ring (bicyclic) bond motifs is 3. The van der Waals surface area contributed by atoms with Gasteiger partial charge in [0.1, 0.15) is 0 Å². The zero-order chi connectivity index (χ0) is 22.0. The van der Waals surface area contributed by atoms with Crippen molar-refractivity contribution in [2.24, 2.45) is 0 Å². The normalized spacial score (nSPS) is 12.7. The number of rotatable bonds is 6. The maximum absolute atomic E-state index is 6.18. The summed E-state index contributed by atoms with van der Waals surface area (Å²) < 4.78 is 0. The minimum Gasteiger partial charge on any atom is -0.349 e. The number of thiocarbonyl (C=S) groups is 1. The molecule has 2 aromatic heterocycles. The van der Waals surface area contributed by atoms with Gasteiger partial charge in [-0.2, -0.15) is 0 Å². The van der Waals surface area contributed by atoms with Crippen LogP contribution in [0.25, 0.3) is 11.3 Å². The van der Waals surface area contributed by atoms with E-state index in [1.165, 1.54) is 0 Å². The zero-order valence-corrected chi connectivity index (χ0v) is 19.4. The van der Waals surface area contributed by atoms with E-state index < -0.39 is 0 Å². The number of nitrogens with one attached hydrogen (secondary N) is 2. The van der Waals surface area contributed by atoms with E-state index in [2.05, 4.69) is 40.7 Å². The molecule has 0 saturated carbocycles. The van der Waals surface area contributed by atoms with Crippen LogP contribution in [-0.4, -0.2) is 45.5 Å².